The maximum absolute atomic E-state index is 6.04. The Morgan fingerprint density at radius 1 is 1.22 bits per heavy atom. The molecule has 0 aromatic heterocycles. The van der Waals surface area contributed by atoms with Crippen molar-refractivity contribution in [1.82, 2.24) is 0 Å². The lowest BCUT2D eigenvalue weighted by molar-refractivity contribution is 1.15. The number of hydrogen-bond donors (Lipinski definition) is 1. The van der Waals surface area contributed by atoms with E-state index in [2.05, 4.69) is 27.2 Å². The zero-order chi connectivity index (χ0) is 13.0. The van der Waals surface area contributed by atoms with Gasteiger partial charge < -0.3 is 5.32 Å². The fraction of sp³-hybridized carbons (Fsp3) is 0.0667. The molecule has 2 aromatic carbocycles. The van der Waals surface area contributed by atoms with Crippen molar-refractivity contribution in [3.63, 3.8) is 0 Å². The zero-order valence-electron chi connectivity index (χ0n) is 9.58. The molecule has 0 aliphatic heterocycles. The number of rotatable bonds is 3. The number of hydrogen-bond acceptors (Lipinski definition) is 1. The highest BCUT2D eigenvalue weighted by molar-refractivity contribution is 9.10. The van der Waals surface area contributed by atoms with Crippen molar-refractivity contribution in [3.05, 3.63) is 63.1 Å². The predicted octanol–water partition coefficient (Wildman–Crippen LogP) is 4.70. The van der Waals surface area contributed by atoms with Crippen LogP contribution in [0.1, 0.15) is 11.1 Å². The first kappa shape index (κ1) is 13.0. The van der Waals surface area contributed by atoms with E-state index in [1.807, 2.05) is 42.5 Å². The Morgan fingerprint density at radius 3 is 2.78 bits per heavy atom. The molecule has 0 aliphatic rings. The van der Waals surface area contributed by atoms with E-state index in [0.29, 0.717) is 11.6 Å². The molecule has 0 unspecified atom stereocenters. The van der Waals surface area contributed by atoms with Gasteiger partial charge in [0.15, 0.2) is 0 Å². The van der Waals surface area contributed by atoms with Crippen LogP contribution in [-0.4, -0.2) is 0 Å². The third-order valence-electron chi connectivity index (χ3n) is 2.51. The summed E-state index contributed by atoms with van der Waals surface area (Å²) in [6.07, 6.45) is 5.36. The smallest absolute Gasteiger partial charge is 0.0551 e. The molecule has 1 N–H and O–H groups in total. The van der Waals surface area contributed by atoms with E-state index < -0.39 is 0 Å². The van der Waals surface area contributed by atoms with Crippen LogP contribution in [0.2, 0.25) is 5.02 Å². The SMILES string of the molecule is C#Cc1cccc(NCc2ccc(Br)c(Cl)c2)c1. The minimum Gasteiger partial charge on any atom is -0.381 e. The largest absolute Gasteiger partial charge is 0.381 e. The Hall–Kier alpha value is -1.43. The van der Waals surface area contributed by atoms with Gasteiger partial charge in [0.2, 0.25) is 0 Å². The molecule has 0 fully saturated rings. The molecule has 0 saturated carbocycles. The van der Waals surface area contributed by atoms with Gasteiger partial charge in [-0.2, -0.15) is 0 Å². The van der Waals surface area contributed by atoms with E-state index in [0.717, 1.165) is 21.3 Å². The van der Waals surface area contributed by atoms with Gasteiger partial charge in [0.25, 0.3) is 0 Å². The molecule has 18 heavy (non-hydrogen) atoms. The quantitative estimate of drug-likeness (QED) is 0.809. The summed E-state index contributed by atoms with van der Waals surface area (Å²) in [4.78, 5) is 0. The molecule has 0 heterocycles. The molecule has 0 amide bonds. The van der Waals surface area contributed by atoms with Crippen molar-refractivity contribution in [3.8, 4) is 12.3 Å². The number of anilines is 1. The van der Waals surface area contributed by atoms with Gasteiger partial charge in [0, 0.05) is 22.3 Å². The summed E-state index contributed by atoms with van der Waals surface area (Å²) in [5.41, 5.74) is 2.99. The Kier molecular flexibility index (Phi) is 4.30. The second-order valence-electron chi connectivity index (χ2n) is 3.83. The first-order chi connectivity index (χ1) is 8.69. The van der Waals surface area contributed by atoms with Crippen molar-refractivity contribution >= 4 is 33.2 Å². The summed E-state index contributed by atoms with van der Waals surface area (Å²) in [5.74, 6) is 2.61. The van der Waals surface area contributed by atoms with Crippen LogP contribution in [0.4, 0.5) is 5.69 Å². The highest BCUT2D eigenvalue weighted by Crippen LogP contribution is 2.23. The summed E-state index contributed by atoms with van der Waals surface area (Å²) in [6.45, 7) is 0.709. The minimum atomic E-state index is 0.709. The molecule has 0 aliphatic carbocycles. The molecule has 0 saturated heterocycles. The molecular weight excluding hydrogens is 310 g/mol. The molecule has 0 spiro atoms. The molecule has 0 atom stereocenters. The van der Waals surface area contributed by atoms with Crippen LogP contribution >= 0.6 is 27.5 Å². The Morgan fingerprint density at radius 2 is 2.06 bits per heavy atom. The van der Waals surface area contributed by atoms with Gasteiger partial charge in [-0.1, -0.05) is 29.7 Å². The molecular formula is C15H11BrClN. The number of nitrogens with one attached hydrogen (secondary N) is 1. The molecule has 2 aromatic rings. The molecule has 2 rings (SSSR count). The third-order valence-corrected chi connectivity index (χ3v) is 3.74. The summed E-state index contributed by atoms with van der Waals surface area (Å²) in [7, 11) is 0. The van der Waals surface area contributed by atoms with Crippen LogP contribution < -0.4 is 5.32 Å². The first-order valence-corrected chi connectivity index (χ1v) is 6.60. The zero-order valence-corrected chi connectivity index (χ0v) is 11.9. The van der Waals surface area contributed by atoms with Gasteiger partial charge in [0.1, 0.15) is 0 Å². The van der Waals surface area contributed by atoms with Crippen LogP contribution in [0.5, 0.6) is 0 Å². The molecule has 0 radical (unpaired) electrons. The van der Waals surface area contributed by atoms with Crippen LogP contribution in [0, 0.1) is 12.3 Å². The summed E-state index contributed by atoms with van der Waals surface area (Å²) >= 11 is 9.41. The third kappa shape index (κ3) is 3.29. The fourth-order valence-corrected chi connectivity index (χ4v) is 2.02. The highest BCUT2D eigenvalue weighted by Gasteiger charge is 1.99. The van der Waals surface area contributed by atoms with Gasteiger partial charge in [0.05, 0.1) is 5.02 Å². The van der Waals surface area contributed by atoms with E-state index in [9.17, 15) is 0 Å². The maximum atomic E-state index is 6.04. The van der Waals surface area contributed by atoms with Gasteiger partial charge in [-0.3, -0.25) is 0 Å². The van der Waals surface area contributed by atoms with E-state index in [1.165, 1.54) is 0 Å². The lowest BCUT2D eigenvalue weighted by atomic mass is 10.2. The van der Waals surface area contributed by atoms with E-state index in [1.54, 1.807) is 0 Å². The summed E-state index contributed by atoms with van der Waals surface area (Å²) in [5, 5.41) is 4.03. The van der Waals surface area contributed by atoms with Crippen LogP contribution in [-0.2, 0) is 6.54 Å². The average molecular weight is 321 g/mol. The highest BCUT2D eigenvalue weighted by atomic mass is 79.9. The van der Waals surface area contributed by atoms with Gasteiger partial charge in [-0.25, -0.2) is 0 Å². The number of halogens is 2. The molecule has 3 heteroatoms. The monoisotopic (exact) mass is 319 g/mol. The normalized spacial score (nSPS) is 9.83. The first-order valence-electron chi connectivity index (χ1n) is 5.43. The second-order valence-corrected chi connectivity index (χ2v) is 5.09. The summed E-state index contributed by atoms with van der Waals surface area (Å²) < 4.78 is 0.905. The van der Waals surface area contributed by atoms with Crippen molar-refractivity contribution in [1.29, 1.82) is 0 Å². The van der Waals surface area contributed by atoms with Crippen molar-refractivity contribution in [2.45, 2.75) is 6.54 Å². The van der Waals surface area contributed by atoms with Crippen molar-refractivity contribution in [2.24, 2.45) is 0 Å². The van der Waals surface area contributed by atoms with Crippen LogP contribution in [0.25, 0.3) is 0 Å². The van der Waals surface area contributed by atoms with Crippen molar-refractivity contribution in [2.75, 3.05) is 5.32 Å². The lowest BCUT2D eigenvalue weighted by Gasteiger charge is -2.08. The van der Waals surface area contributed by atoms with Gasteiger partial charge in [-0.05, 0) is 51.8 Å². The van der Waals surface area contributed by atoms with Crippen molar-refractivity contribution < 1.29 is 0 Å². The fourth-order valence-electron chi connectivity index (χ4n) is 1.57. The molecule has 1 nitrogen and oxygen atoms in total. The predicted molar refractivity (Wildman–Crippen MR) is 80.9 cm³/mol. The maximum Gasteiger partial charge on any atom is 0.0551 e. The van der Waals surface area contributed by atoms with E-state index in [-0.39, 0.29) is 0 Å². The summed E-state index contributed by atoms with van der Waals surface area (Å²) in [6, 6.07) is 13.7. The van der Waals surface area contributed by atoms with E-state index >= 15 is 0 Å². The molecule has 90 valence electrons. The van der Waals surface area contributed by atoms with Gasteiger partial charge >= 0.3 is 0 Å². The van der Waals surface area contributed by atoms with Crippen LogP contribution in [0.15, 0.2) is 46.9 Å². The average Bonchev–Trinajstić information content (AvgIpc) is 2.40. The topological polar surface area (TPSA) is 12.0 Å². The Balaban J connectivity index is 2.07. The van der Waals surface area contributed by atoms with E-state index in [4.69, 9.17) is 18.0 Å². The molecule has 0 bridgehead atoms. The lowest BCUT2D eigenvalue weighted by Crippen LogP contribution is -1.99. The Labute approximate surface area is 120 Å². The number of benzene rings is 2. The van der Waals surface area contributed by atoms with Crippen LogP contribution in [0.3, 0.4) is 0 Å². The second kappa shape index (κ2) is 5.95. The number of terminal acetylenes is 1. The minimum absolute atomic E-state index is 0.709. The standard InChI is InChI=1S/C15H11BrClN/c1-2-11-4-3-5-13(8-11)18-10-12-6-7-14(16)15(17)9-12/h1,3-9,18H,10H2. The van der Waals surface area contributed by atoms with Gasteiger partial charge in [-0.15, -0.1) is 6.42 Å². The Bertz CT molecular complexity index is 602.